The highest BCUT2D eigenvalue weighted by Gasteiger charge is 2.51. The van der Waals surface area contributed by atoms with Crippen molar-refractivity contribution in [2.75, 3.05) is 27.4 Å². The van der Waals surface area contributed by atoms with E-state index in [1.807, 2.05) is 45.9 Å². The number of benzene rings is 1. The van der Waals surface area contributed by atoms with E-state index in [9.17, 15) is 14.4 Å². The van der Waals surface area contributed by atoms with Gasteiger partial charge in [-0.3, -0.25) is 9.59 Å². The zero-order valence-corrected chi connectivity index (χ0v) is 28.4. The molecule has 1 saturated heterocycles. The van der Waals surface area contributed by atoms with Crippen LogP contribution < -0.4 is 14.8 Å². The van der Waals surface area contributed by atoms with Crippen LogP contribution in [0.1, 0.15) is 85.3 Å². The summed E-state index contributed by atoms with van der Waals surface area (Å²) < 4.78 is 23.8. The first kappa shape index (κ1) is 33.9. The molecule has 5 rings (SSSR count). The lowest BCUT2D eigenvalue weighted by Crippen LogP contribution is -2.58. The number of carbonyl (C=O) groups excluding carboxylic acids is 3. The smallest absolute Gasteiger partial charge is 0.408 e. The normalized spacial score (nSPS) is 29.5. The molecule has 0 spiro atoms. The Bertz CT molecular complexity index is 1440. The van der Waals surface area contributed by atoms with Gasteiger partial charge in [0.15, 0.2) is 5.78 Å². The van der Waals surface area contributed by atoms with Crippen LogP contribution >= 0.6 is 0 Å². The zero-order valence-electron chi connectivity index (χ0n) is 28.4. The number of alkyl carbamates (subject to hydrolysis) is 1. The minimum absolute atomic E-state index is 0.122. The molecule has 46 heavy (non-hydrogen) atoms. The van der Waals surface area contributed by atoms with Crippen LogP contribution in [0.3, 0.4) is 0 Å². The van der Waals surface area contributed by atoms with E-state index in [4.69, 9.17) is 28.9 Å². The maximum absolute atomic E-state index is 14.4. The van der Waals surface area contributed by atoms with Gasteiger partial charge in [-0.05, 0) is 75.8 Å². The van der Waals surface area contributed by atoms with Gasteiger partial charge >= 0.3 is 6.09 Å². The molecule has 11 nitrogen and oxygen atoms in total. The molecule has 11 heteroatoms. The maximum Gasteiger partial charge on any atom is 0.408 e. The van der Waals surface area contributed by atoms with E-state index >= 15 is 0 Å². The van der Waals surface area contributed by atoms with Gasteiger partial charge in [0.25, 0.3) is 0 Å². The van der Waals surface area contributed by atoms with Crippen LogP contribution in [-0.4, -0.2) is 83.8 Å². The molecule has 1 aromatic carbocycles. The Kier molecular flexibility index (Phi) is 10.1. The number of amides is 2. The van der Waals surface area contributed by atoms with Gasteiger partial charge in [0.05, 0.1) is 37.3 Å². The average Bonchev–Trinajstić information content (AvgIpc) is 3.54. The molecule has 0 unspecified atom stereocenters. The molecule has 6 atom stereocenters. The van der Waals surface area contributed by atoms with Crippen molar-refractivity contribution in [2.24, 2.45) is 17.3 Å². The molecule has 2 aromatic rings. The lowest BCUT2D eigenvalue weighted by Gasteiger charge is -2.37. The third-order valence-electron chi connectivity index (χ3n) is 10.1. The largest absolute Gasteiger partial charge is 0.497 e. The first-order valence-corrected chi connectivity index (χ1v) is 16.7. The number of hydrogen-bond acceptors (Lipinski definition) is 9. The molecular weight excluding hydrogens is 588 g/mol. The molecule has 2 aliphatic heterocycles. The summed E-state index contributed by atoms with van der Waals surface area (Å²) in [6, 6.07) is 3.84. The Labute approximate surface area is 272 Å². The molecular formula is C35H50N4O7. The lowest BCUT2D eigenvalue weighted by atomic mass is 9.85. The third kappa shape index (κ3) is 7.09. The number of fused-ring (bicyclic) bond motifs is 5. The highest BCUT2D eigenvalue weighted by Crippen LogP contribution is 2.42. The topological polar surface area (TPSA) is 129 Å². The molecule has 1 aromatic heterocycles. The minimum atomic E-state index is -0.936. The molecule has 3 heterocycles. The van der Waals surface area contributed by atoms with Crippen molar-refractivity contribution in [1.82, 2.24) is 20.2 Å². The van der Waals surface area contributed by atoms with E-state index in [-0.39, 0.29) is 30.8 Å². The van der Waals surface area contributed by atoms with Gasteiger partial charge in [-0.1, -0.05) is 33.6 Å². The van der Waals surface area contributed by atoms with Crippen molar-refractivity contribution in [2.45, 2.75) is 110 Å². The first-order chi connectivity index (χ1) is 21.8. The van der Waals surface area contributed by atoms with Crippen molar-refractivity contribution in [3.05, 3.63) is 23.9 Å². The Morgan fingerprint density at radius 2 is 1.85 bits per heavy atom. The predicted molar refractivity (Wildman–Crippen MR) is 173 cm³/mol. The third-order valence-corrected chi connectivity index (χ3v) is 10.1. The number of ether oxygens (including phenoxy) is 4. The van der Waals surface area contributed by atoms with Crippen LogP contribution in [0.25, 0.3) is 11.0 Å². The number of carbonyl (C=O) groups is 3. The number of hydrogen-bond donors (Lipinski definition) is 1. The van der Waals surface area contributed by atoms with Crippen LogP contribution in [0, 0.1) is 17.3 Å². The number of methoxy groups -OCH3 is 2. The SMILES string of the molecule is COC[C@@H]1[C@@H]2CN(C(=O)[C@H](C(C)(C)C)NC(=O)O[C@]3(C)CCC[C@H]3CCCCCc3nc4ccc(OC)cc4nc3O2)[C@@H]1C(C)=O. The second-order valence-electron chi connectivity index (χ2n) is 14.5. The molecule has 1 N–H and O–H groups in total. The van der Waals surface area contributed by atoms with E-state index in [1.165, 1.54) is 6.92 Å². The molecule has 2 amide bonds. The van der Waals surface area contributed by atoms with Crippen LogP contribution in [0.2, 0.25) is 0 Å². The number of rotatable bonds is 4. The highest BCUT2D eigenvalue weighted by molar-refractivity contribution is 5.92. The van der Waals surface area contributed by atoms with E-state index in [2.05, 4.69) is 5.32 Å². The molecule has 2 bridgehead atoms. The second-order valence-corrected chi connectivity index (χ2v) is 14.5. The number of Topliss-reactive ketones (excluding diaryl/α,β-unsaturated/α-hetero) is 1. The lowest BCUT2D eigenvalue weighted by molar-refractivity contribution is -0.142. The number of aryl methyl sites for hydroxylation is 1. The summed E-state index contributed by atoms with van der Waals surface area (Å²) in [6.07, 6.45) is 6.06. The summed E-state index contributed by atoms with van der Waals surface area (Å²) in [6.45, 7) is 9.50. The number of nitrogens with zero attached hydrogens (tertiary/aromatic N) is 3. The molecule has 0 radical (unpaired) electrons. The van der Waals surface area contributed by atoms with Crippen LogP contribution in [0.5, 0.6) is 11.6 Å². The summed E-state index contributed by atoms with van der Waals surface area (Å²) in [5, 5.41) is 2.91. The van der Waals surface area contributed by atoms with E-state index < -0.39 is 41.2 Å². The van der Waals surface area contributed by atoms with Gasteiger partial charge in [-0.25, -0.2) is 14.8 Å². The summed E-state index contributed by atoms with van der Waals surface area (Å²) in [7, 11) is 3.18. The summed E-state index contributed by atoms with van der Waals surface area (Å²) in [4.78, 5) is 52.6. The van der Waals surface area contributed by atoms with Crippen molar-refractivity contribution in [3.8, 4) is 11.6 Å². The standard InChI is InChI=1S/C35H50N4O7/c1-21(40)29-24(20-43-6)28-19-39(29)32(41)30(34(2,3)4)38-33(42)46-35(5)17-11-13-22(35)12-9-8-10-14-26-31(45-28)37-27-18-23(44-7)15-16-25(27)36-26/h15-16,18,22,24,28-30H,8-14,17,19-20H2,1-7H3,(H,38,42)/t22-,24-,28+,29-,30-,35-/m1/s1. The van der Waals surface area contributed by atoms with Crippen molar-refractivity contribution in [3.63, 3.8) is 0 Å². The Morgan fingerprint density at radius 3 is 2.54 bits per heavy atom. The Balaban J connectivity index is 1.57. The van der Waals surface area contributed by atoms with Crippen LogP contribution in [0.4, 0.5) is 4.79 Å². The van der Waals surface area contributed by atoms with E-state index in [0.29, 0.717) is 23.6 Å². The summed E-state index contributed by atoms with van der Waals surface area (Å²) in [5.74, 6) is 0.286. The van der Waals surface area contributed by atoms with Crippen LogP contribution in [-0.2, 0) is 25.5 Å². The molecule has 1 saturated carbocycles. The predicted octanol–water partition coefficient (Wildman–Crippen LogP) is 5.26. The van der Waals surface area contributed by atoms with Gasteiger partial charge in [-0.2, -0.15) is 0 Å². The zero-order chi connectivity index (χ0) is 33.2. The van der Waals surface area contributed by atoms with Crippen molar-refractivity contribution >= 4 is 28.8 Å². The fraction of sp³-hybridized carbons (Fsp3) is 0.686. The molecule has 3 aliphatic rings. The van der Waals surface area contributed by atoms with Gasteiger partial charge in [0, 0.05) is 19.1 Å². The van der Waals surface area contributed by atoms with Crippen LogP contribution in [0.15, 0.2) is 18.2 Å². The quantitative estimate of drug-likeness (QED) is 0.477. The summed E-state index contributed by atoms with van der Waals surface area (Å²) in [5.41, 5.74) is 0.852. The van der Waals surface area contributed by atoms with E-state index in [1.54, 1.807) is 19.1 Å². The first-order valence-electron chi connectivity index (χ1n) is 16.7. The number of nitrogens with one attached hydrogen (secondary N) is 1. The van der Waals surface area contributed by atoms with E-state index in [0.717, 1.165) is 56.2 Å². The van der Waals surface area contributed by atoms with Crippen molar-refractivity contribution < 1.29 is 33.3 Å². The summed E-state index contributed by atoms with van der Waals surface area (Å²) >= 11 is 0. The van der Waals surface area contributed by atoms with Crippen molar-refractivity contribution in [1.29, 1.82) is 0 Å². The number of aromatic nitrogens is 2. The van der Waals surface area contributed by atoms with Gasteiger partial charge in [-0.15, -0.1) is 0 Å². The fourth-order valence-electron chi connectivity index (χ4n) is 7.55. The average molecular weight is 639 g/mol. The molecule has 1 aliphatic carbocycles. The Hall–Kier alpha value is -3.47. The number of ketones is 1. The van der Waals surface area contributed by atoms with Gasteiger partial charge < -0.3 is 29.2 Å². The highest BCUT2D eigenvalue weighted by atomic mass is 16.6. The minimum Gasteiger partial charge on any atom is -0.497 e. The van der Waals surface area contributed by atoms with Gasteiger partial charge in [0.1, 0.15) is 29.2 Å². The second kappa shape index (κ2) is 13.7. The monoisotopic (exact) mass is 638 g/mol. The maximum atomic E-state index is 14.4. The van der Waals surface area contributed by atoms with Gasteiger partial charge in [0.2, 0.25) is 11.8 Å². The Morgan fingerprint density at radius 1 is 1.09 bits per heavy atom. The molecule has 252 valence electrons. The fourth-order valence-corrected chi connectivity index (χ4v) is 7.55. The molecule has 2 fully saturated rings.